The number of carboxylic acid groups (broad SMARTS) is 1. The van der Waals surface area contributed by atoms with E-state index >= 15 is 0 Å². The van der Waals surface area contributed by atoms with Crippen molar-refractivity contribution < 1.29 is 14.6 Å². The van der Waals surface area contributed by atoms with Gasteiger partial charge in [0.25, 0.3) is 0 Å². The highest BCUT2D eigenvalue weighted by Crippen LogP contribution is 2.16. The maximum Gasteiger partial charge on any atom is 0.335 e. The Morgan fingerprint density at radius 1 is 1.05 bits per heavy atom. The van der Waals surface area contributed by atoms with Gasteiger partial charge in [-0.05, 0) is 30.7 Å². The van der Waals surface area contributed by atoms with Crippen LogP contribution in [0.15, 0.2) is 24.3 Å². The van der Waals surface area contributed by atoms with E-state index in [9.17, 15) is 4.79 Å². The number of unbranched alkanes of at least 4 members (excludes halogenated alkanes) is 3. The summed E-state index contributed by atoms with van der Waals surface area (Å²) in [7, 11) is -0.872. The fourth-order valence-electron chi connectivity index (χ4n) is 1.99. The smallest absolute Gasteiger partial charge is 0.335 e. The summed E-state index contributed by atoms with van der Waals surface area (Å²) in [6.45, 7) is 7.95. The fraction of sp³-hybridized carbons (Fsp3) is 0.562. The van der Waals surface area contributed by atoms with E-state index in [-0.39, 0.29) is 0 Å². The number of benzene rings is 1. The van der Waals surface area contributed by atoms with Crippen molar-refractivity contribution in [2.24, 2.45) is 0 Å². The van der Waals surface area contributed by atoms with Crippen molar-refractivity contribution in [2.45, 2.75) is 51.4 Å². The monoisotopic (exact) mass is 294 g/mol. The molecule has 0 unspecified atom stereocenters. The van der Waals surface area contributed by atoms with Crippen molar-refractivity contribution in [3.8, 4) is 5.75 Å². The van der Waals surface area contributed by atoms with Gasteiger partial charge in [-0.15, -0.1) is 0 Å². The van der Waals surface area contributed by atoms with Crippen LogP contribution in [-0.4, -0.2) is 25.8 Å². The summed E-state index contributed by atoms with van der Waals surface area (Å²) in [5, 5.41) is 8.79. The highest BCUT2D eigenvalue weighted by molar-refractivity contribution is 6.76. The van der Waals surface area contributed by atoms with E-state index in [1.807, 2.05) is 0 Å². The van der Waals surface area contributed by atoms with Crippen LogP contribution in [0.1, 0.15) is 36.0 Å². The molecule has 0 spiro atoms. The van der Waals surface area contributed by atoms with Crippen molar-refractivity contribution in [1.29, 1.82) is 0 Å². The molecule has 0 amide bonds. The Hall–Kier alpha value is -1.29. The zero-order valence-corrected chi connectivity index (χ0v) is 13.8. The molecule has 0 aliphatic rings. The molecule has 0 heterocycles. The minimum Gasteiger partial charge on any atom is -0.494 e. The average Bonchev–Trinajstić information content (AvgIpc) is 2.37. The van der Waals surface area contributed by atoms with E-state index in [0.29, 0.717) is 12.2 Å². The second-order valence-corrected chi connectivity index (χ2v) is 12.0. The lowest BCUT2D eigenvalue weighted by molar-refractivity contribution is 0.0697. The van der Waals surface area contributed by atoms with Gasteiger partial charge < -0.3 is 9.84 Å². The molecule has 1 aromatic rings. The Balaban J connectivity index is 2.11. The van der Waals surface area contributed by atoms with E-state index in [4.69, 9.17) is 9.84 Å². The van der Waals surface area contributed by atoms with Gasteiger partial charge in [-0.25, -0.2) is 4.79 Å². The van der Waals surface area contributed by atoms with Crippen LogP contribution < -0.4 is 4.74 Å². The maximum absolute atomic E-state index is 10.7. The van der Waals surface area contributed by atoms with E-state index < -0.39 is 14.0 Å². The number of rotatable bonds is 9. The number of carbonyl (C=O) groups is 1. The second-order valence-electron chi connectivity index (χ2n) is 6.40. The molecule has 1 N–H and O–H groups in total. The number of hydrogen-bond acceptors (Lipinski definition) is 2. The average molecular weight is 294 g/mol. The van der Waals surface area contributed by atoms with Gasteiger partial charge in [0.05, 0.1) is 12.2 Å². The summed E-state index contributed by atoms with van der Waals surface area (Å²) in [5.41, 5.74) is 0.295. The molecule has 3 nitrogen and oxygen atoms in total. The third-order valence-corrected chi connectivity index (χ3v) is 5.04. The Kier molecular flexibility index (Phi) is 6.79. The van der Waals surface area contributed by atoms with Crippen molar-refractivity contribution in [3.05, 3.63) is 29.8 Å². The van der Waals surface area contributed by atoms with Crippen LogP contribution in [-0.2, 0) is 0 Å². The van der Waals surface area contributed by atoms with Gasteiger partial charge >= 0.3 is 5.97 Å². The Bertz CT molecular complexity index is 407. The molecule has 0 atom stereocenters. The first-order chi connectivity index (χ1) is 9.38. The van der Waals surface area contributed by atoms with Crippen LogP contribution in [0.3, 0.4) is 0 Å². The molecule has 112 valence electrons. The second kappa shape index (κ2) is 8.10. The minimum absolute atomic E-state index is 0.295. The lowest BCUT2D eigenvalue weighted by atomic mass is 10.2. The highest BCUT2D eigenvalue weighted by Gasteiger charge is 2.11. The zero-order valence-electron chi connectivity index (χ0n) is 12.8. The van der Waals surface area contributed by atoms with Crippen molar-refractivity contribution in [2.75, 3.05) is 6.61 Å². The quantitative estimate of drug-likeness (QED) is 0.532. The first-order valence-corrected chi connectivity index (χ1v) is 11.1. The van der Waals surface area contributed by atoms with Crippen molar-refractivity contribution >= 4 is 14.0 Å². The maximum atomic E-state index is 10.7. The summed E-state index contributed by atoms with van der Waals surface area (Å²) in [5.74, 6) is -0.156. The summed E-state index contributed by atoms with van der Waals surface area (Å²) < 4.78 is 5.60. The number of ether oxygens (including phenoxy) is 1. The molecule has 0 aliphatic carbocycles. The van der Waals surface area contributed by atoms with Gasteiger partial charge in [-0.3, -0.25) is 0 Å². The molecule has 1 aromatic carbocycles. The SMILES string of the molecule is C[Si](C)(C)CCCCCCOc1ccc(C(=O)O)cc1. The molecular weight excluding hydrogens is 268 g/mol. The Morgan fingerprint density at radius 3 is 2.20 bits per heavy atom. The van der Waals surface area contributed by atoms with Crippen LogP contribution in [0.2, 0.25) is 25.7 Å². The molecule has 0 saturated heterocycles. The molecule has 1 rings (SSSR count). The van der Waals surface area contributed by atoms with Gasteiger partial charge in [0.2, 0.25) is 0 Å². The lowest BCUT2D eigenvalue weighted by Gasteiger charge is -2.14. The van der Waals surface area contributed by atoms with E-state index in [0.717, 1.165) is 12.2 Å². The van der Waals surface area contributed by atoms with Gasteiger partial charge in [0.1, 0.15) is 5.75 Å². The lowest BCUT2D eigenvalue weighted by Crippen LogP contribution is -2.18. The third kappa shape index (κ3) is 7.33. The van der Waals surface area contributed by atoms with Crippen LogP contribution >= 0.6 is 0 Å². The molecule has 20 heavy (non-hydrogen) atoms. The minimum atomic E-state index is -0.904. The summed E-state index contributed by atoms with van der Waals surface area (Å²) in [6, 6.07) is 7.99. The van der Waals surface area contributed by atoms with Gasteiger partial charge in [0.15, 0.2) is 0 Å². The van der Waals surface area contributed by atoms with Gasteiger partial charge in [0, 0.05) is 8.07 Å². The summed E-state index contributed by atoms with van der Waals surface area (Å²) >= 11 is 0. The molecule has 0 radical (unpaired) electrons. The van der Waals surface area contributed by atoms with E-state index in [1.54, 1.807) is 24.3 Å². The largest absolute Gasteiger partial charge is 0.494 e. The fourth-order valence-corrected chi connectivity index (χ4v) is 3.31. The normalized spacial score (nSPS) is 11.3. The summed E-state index contributed by atoms with van der Waals surface area (Å²) in [4.78, 5) is 10.7. The molecular formula is C16H26O3Si. The molecule has 0 aliphatic heterocycles. The van der Waals surface area contributed by atoms with Gasteiger partial charge in [-0.1, -0.05) is 44.9 Å². The van der Waals surface area contributed by atoms with E-state index in [2.05, 4.69) is 19.6 Å². The number of hydrogen-bond donors (Lipinski definition) is 1. The standard InChI is InChI=1S/C16H26O3Si/c1-20(2,3)13-7-5-4-6-12-19-15-10-8-14(9-11-15)16(17)18/h8-11H,4-7,12-13H2,1-3H3,(H,17,18). The first-order valence-electron chi connectivity index (χ1n) is 7.35. The van der Waals surface area contributed by atoms with Crippen LogP contribution in [0.5, 0.6) is 5.75 Å². The van der Waals surface area contributed by atoms with Crippen LogP contribution in [0.4, 0.5) is 0 Å². The van der Waals surface area contributed by atoms with Crippen LogP contribution in [0, 0.1) is 0 Å². The van der Waals surface area contributed by atoms with E-state index in [1.165, 1.54) is 25.3 Å². The molecule has 4 heteroatoms. The Morgan fingerprint density at radius 2 is 1.65 bits per heavy atom. The predicted molar refractivity (Wildman–Crippen MR) is 85.5 cm³/mol. The number of aromatic carboxylic acids is 1. The number of carboxylic acids is 1. The topological polar surface area (TPSA) is 46.5 Å². The molecule has 0 fully saturated rings. The van der Waals surface area contributed by atoms with Crippen LogP contribution in [0.25, 0.3) is 0 Å². The zero-order chi connectivity index (χ0) is 15.0. The molecule has 0 saturated carbocycles. The van der Waals surface area contributed by atoms with Crippen molar-refractivity contribution in [1.82, 2.24) is 0 Å². The molecule has 0 aromatic heterocycles. The third-order valence-electron chi connectivity index (χ3n) is 3.19. The first kappa shape index (κ1) is 16.8. The molecule has 0 bridgehead atoms. The summed E-state index contributed by atoms with van der Waals surface area (Å²) in [6.07, 6.45) is 4.89. The Labute approximate surface area is 123 Å². The predicted octanol–water partition coefficient (Wildman–Crippen LogP) is 4.66. The van der Waals surface area contributed by atoms with Gasteiger partial charge in [-0.2, -0.15) is 0 Å². The highest BCUT2D eigenvalue weighted by atomic mass is 28.3. The van der Waals surface area contributed by atoms with Crippen molar-refractivity contribution in [3.63, 3.8) is 0 Å².